The Morgan fingerprint density at radius 3 is 2.85 bits per heavy atom. The molecule has 0 saturated heterocycles. The number of aromatic nitrogens is 2. The van der Waals surface area contributed by atoms with Crippen molar-refractivity contribution in [2.75, 3.05) is 16.0 Å². The Hall–Kier alpha value is -2.32. The number of carbonyl (C=O) groups is 2. The first-order chi connectivity index (χ1) is 13.0. The van der Waals surface area contributed by atoms with Crippen molar-refractivity contribution in [2.45, 2.75) is 37.2 Å². The van der Waals surface area contributed by atoms with E-state index < -0.39 is 11.5 Å². The van der Waals surface area contributed by atoms with Crippen LogP contribution in [0.2, 0.25) is 5.02 Å². The van der Waals surface area contributed by atoms with Gasteiger partial charge in [-0.05, 0) is 31.4 Å². The zero-order chi connectivity index (χ0) is 19.1. The number of aryl methyl sites for hydroxylation is 1. The molecule has 2 heterocycles. The topological polar surface area (TPSA) is 84.3 Å². The molecule has 0 radical (unpaired) electrons. The van der Waals surface area contributed by atoms with Crippen LogP contribution >= 0.6 is 23.4 Å². The molecule has 140 valence electrons. The fourth-order valence-electron chi connectivity index (χ4n) is 3.06. The van der Waals surface area contributed by atoms with Gasteiger partial charge in [0.25, 0.3) is 5.56 Å². The molecule has 4 rings (SSSR count). The largest absolute Gasteiger partial charge is 0.323 e. The maximum atomic E-state index is 12.9. The third-order valence-corrected chi connectivity index (χ3v) is 5.85. The molecule has 1 aromatic heterocycles. The van der Waals surface area contributed by atoms with Crippen LogP contribution in [0.4, 0.5) is 11.4 Å². The molecule has 0 bridgehead atoms. The summed E-state index contributed by atoms with van der Waals surface area (Å²) in [4.78, 5) is 39.9. The van der Waals surface area contributed by atoms with Crippen LogP contribution in [0, 0.1) is 6.92 Å². The van der Waals surface area contributed by atoms with Gasteiger partial charge >= 0.3 is 0 Å². The number of anilines is 2. The summed E-state index contributed by atoms with van der Waals surface area (Å²) in [5.74, 6) is -0.171. The Bertz CT molecular complexity index is 982. The average molecular weight is 405 g/mol. The van der Waals surface area contributed by atoms with E-state index in [4.69, 9.17) is 11.6 Å². The zero-order valence-corrected chi connectivity index (χ0v) is 16.1. The SMILES string of the molecule is Cc1cccc(Cl)c1NC(=O)Cn1ncc2c(c1=O)N(C1CC1)C(=O)CS2. The second-order valence-electron chi connectivity index (χ2n) is 6.58. The van der Waals surface area contributed by atoms with Crippen LogP contribution in [0.1, 0.15) is 18.4 Å². The fraction of sp³-hybridized carbons (Fsp3) is 0.333. The van der Waals surface area contributed by atoms with E-state index in [1.165, 1.54) is 11.8 Å². The molecule has 1 aromatic carbocycles. The standard InChI is InChI=1S/C18H17ClN4O3S/c1-10-3-2-4-12(19)16(10)21-14(24)8-22-18(26)17-13(7-20-22)27-9-15(25)23(17)11-5-6-11/h2-4,7,11H,5-6,8-9H2,1H3,(H,21,24). The maximum absolute atomic E-state index is 12.9. The Morgan fingerprint density at radius 1 is 1.37 bits per heavy atom. The minimum Gasteiger partial charge on any atom is -0.323 e. The minimum atomic E-state index is -0.425. The van der Waals surface area contributed by atoms with Gasteiger partial charge in [-0.3, -0.25) is 14.4 Å². The summed E-state index contributed by atoms with van der Waals surface area (Å²) in [6.07, 6.45) is 3.34. The third kappa shape index (κ3) is 3.46. The average Bonchev–Trinajstić information content (AvgIpc) is 3.46. The van der Waals surface area contributed by atoms with Crippen LogP contribution in [-0.2, 0) is 16.1 Å². The van der Waals surface area contributed by atoms with E-state index in [1.807, 2.05) is 13.0 Å². The van der Waals surface area contributed by atoms with Crippen molar-refractivity contribution in [3.63, 3.8) is 0 Å². The maximum Gasteiger partial charge on any atom is 0.292 e. The summed E-state index contributed by atoms with van der Waals surface area (Å²) < 4.78 is 1.09. The first kappa shape index (κ1) is 18.1. The van der Waals surface area contributed by atoms with E-state index >= 15 is 0 Å². The lowest BCUT2D eigenvalue weighted by Gasteiger charge is -2.28. The summed E-state index contributed by atoms with van der Waals surface area (Å²) in [5, 5.41) is 7.27. The van der Waals surface area contributed by atoms with Crippen molar-refractivity contribution < 1.29 is 9.59 Å². The van der Waals surface area contributed by atoms with E-state index in [0.29, 0.717) is 27.0 Å². The number of hydrogen-bond acceptors (Lipinski definition) is 5. The highest BCUT2D eigenvalue weighted by atomic mass is 35.5. The molecule has 1 aliphatic carbocycles. The number of carbonyl (C=O) groups excluding carboxylic acids is 2. The van der Waals surface area contributed by atoms with Gasteiger partial charge in [-0.15, -0.1) is 11.8 Å². The van der Waals surface area contributed by atoms with Gasteiger partial charge in [0, 0.05) is 6.04 Å². The number of benzene rings is 1. The smallest absolute Gasteiger partial charge is 0.292 e. The van der Waals surface area contributed by atoms with Crippen molar-refractivity contribution in [3.8, 4) is 0 Å². The van der Waals surface area contributed by atoms with Crippen LogP contribution in [0.15, 0.2) is 34.1 Å². The van der Waals surface area contributed by atoms with E-state index in [0.717, 1.165) is 23.1 Å². The van der Waals surface area contributed by atoms with E-state index in [2.05, 4.69) is 10.4 Å². The number of amides is 2. The van der Waals surface area contributed by atoms with Crippen LogP contribution < -0.4 is 15.8 Å². The molecule has 1 N–H and O–H groups in total. The lowest BCUT2D eigenvalue weighted by Crippen LogP contribution is -2.43. The van der Waals surface area contributed by atoms with E-state index in [-0.39, 0.29) is 18.5 Å². The van der Waals surface area contributed by atoms with Crippen LogP contribution in [0.3, 0.4) is 0 Å². The Kier molecular flexibility index (Phi) is 4.69. The number of hydrogen-bond donors (Lipinski definition) is 1. The van der Waals surface area contributed by atoms with Crippen molar-refractivity contribution in [2.24, 2.45) is 0 Å². The quantitative estimate of drug-likeness (QED) is 0.846. The Labute approximate surface area is 164 Å². The van der Waals surface area contributed by atoms with Crippen LogP contribution in [0.25, 0.3) is 0 Å². The number of nitrogens with zero attached hydrogens (tertiary/aromatic N) is 3. The molecule has 0 unspecified atom stereocenters. The molecule has 7 nitrogen and oxygen atoms in total. The third-order valence-electron chi connectivity index (χ3n) is 4.54. The van der Waals surface area contributed by atoms with Crippen molar-refractivity contribution in [3.05, 3.63) is 45.3 Å². The van der Waals surface area contributed by atoms with Gasteiger partial charge in [0.2, 0.25) is 11.8 Å². The highest BCUT2D eigenvalue weighted by molar-refractivity contribution is 8.00. The fourth-order valence-corrected chi connectivity index (χ4v) is 4.19. The van der Waals surface area contributed by atoms with Crippen LogP contribution in [0.5, 0.6) is 0 Å². The van der Waals surface area contributed by atoms with Crippen LogP contribution in [-0.4, -0.2) is 33.4 Å². The number of fused-ring (bicyclic) bond motifs is 1. The molecular weight excluding hydrogens is 388 g/mol. The Balaban J connectivity index is 1.61. The molecule has 1 saturated carbocycles. The lowest BCUT2D eigenvalue weighted by atomic mass is 10.2. The summed E-state index contributed by atoms with van der Waals surface area (Å²) >= 11 is 7.44. The highest BCUT2D eigenvalue weighted by Crippen LogP contribution is 2.39. The minimum absolute atomic E-state index is 0.0685. The summed E-state index contributed by atoms with van der Waals surface area (Å²) in [5.41, 5.74) is 1.26. The van der Waals surface area contributed by atoms with Gasteiger partial charge in [0.15, 0.2) is 0 Å². The predicted molar refractivity (Wildman–Crippen MR) is 105 cm³/mol. The molecule has 2 aliphatic rings. The molecule has 1 fully saturated rings. The molecule has 2 amide bonds. The second kappa shape index (κ2) is 7.01. The van der Waals surface area contributed by atoms with Crippen molar-refractivity contribution in [1.82, 2.24) is 9.78 Å². The first-order valence-electron chi connectivity index (χ1n) is 8.55. The van der Waals surface area contributed by atoms with Crippen molar-refractivity contribution in [1.29, 1.82) is 0 Å². The monoisotopic (exact) mass is 404 g/mol. The Morgan fingerprint density at radius 2 is 2.15 bits per heavy atom. The molecule has 0 spiro atoms. The van der Waals surface area contributed by atoms with E-state index in [1.54, 1.807) is 23.2 Å². The number of para-hydroxylation sites is 1. The molecule has 2 aromatic rings. The summed E-state index contributed by atoms with van der Waals surface area (Å²) in [6.45, 7) is 1.58. The van der Waals surface area contributed by atoms with Gasteiger partial charge in [-0.2, -0.15) is 5.10 Å². The zero-order valence-electron chi connectivity index (χ0n) is 14.6. The van der Waals surface area contributed by atoms with Gasteiger partial charge in [-0.25, -0.2) is 4.68 Å². The molecular formula is C18H17ClN4O3S. The predicted octanol–water partition coefficient (Wildman–Crippen LogP) is 2.44. The lowest BCUT2D eigenvalue weighted by molar-refractivity contribution is -0.117. The molecule has 9 heteroatoms. The van der Waals surface area contributed by atoms with E-state index in [9.17, 15) is 14.4 Å². The van der Waals surface area contributed by atoms with Gasteiger partial charge in [-0.1, -0.05) is 23.7 Å². The second-order valence-corrected chi connectivity index (χ2v) is 8.01. The summed E-state index contributed by atoms with van der Waals surface area (Å²) in [7, 11) is 0. The molecule has 27 heavy (non-hydrogen) atoms. The number of thioether (sulfide) groups is 1. The summed E-state index contributed by atoms with van der Waals surface area (Å²) in [6, 6.07) is 5.40. The molecule has 0 atom stereocenters. The molecule has 1 aliphatic heterocycles. The number of nitrogens with one attached hydrogen (secondary N) is 1. The van der Waals surface area contributed by atoms with Gasteiger partial charge < -0.3 is 10.2 Å². The normalized spacial score (nSPS) is 16.2. The van der Waals surface area contributed by atoms with Gasteiger partial charge in [0.05, 0.1) is 27.6 Å². The highest BCUT2D eigenvalue weighted by Gasteiger charge is 2.39. The number of halogens is 1. The first-order valence-corrected chi connectivity index (χ1v) is 9.92. The number of rotatable bonds is 4. The van der Waals surface area contributed by atoms with Gasteiger partial charge in [0.1, 0.15) is 12.2 Å². The van der Waals surface area contributed by atoms with Crippen molar-refractivity contribution >= 4 is 46.6 Å².